The minimum absolute atomic E-state index is 0.0210. The van der Waals surface area contributed by atoms with Crippen LogP contribution in [0.15, 0.2) is 63.8 Å². The molecule has 0 saturated heterocycles. The molecule has 1 aromatic heterocycles. The number of nitrogens with one attached hydrogen (secondary N) is 2. The molecule has 8 rings (SSSR count). The SMILES string of the molecule is Cc1c(F)cc2c(c1F)Oc1c(cc(F)c(OS(=O)(=O)C(F)(F)F)c1F)C21OC(=O)c2cc(C(=O)N[C@H]3CC[C@H](NC(=O)c4cc5ccc(N(CCOC=O)CCOC=O)cc5oc4=O)CC3)ccc21. The fourth-order valence-corrected chi connectivity index (χ4v) is 8.92. The molecule has 1 unspecified atom stereocenters. The van der Waals surface area contributed by atoms with Crippen LogP contribution >= 0.6 is 0 Å². The van der Waals surface area contributed by atoms with Gasteiger partial charge >= 0.3 is 27.2 Å². The summed E-state index contributed by atoms with van der Waals surface area (Å²) >= 11 is 0. The lowest BCUT2D eigenvalue weighted by Gasteiger charge is -2.37. The number of anilines is 1. The van der Waals surface area contributed by atoms with Gasteiger partial charge in [-0.3, -0.25) is 19.2 Å². The highest BCUT2D eigenvalue weighted by Crippen LogP contribution is 2.59. The fourth-order valence-electron chi connectivity index (χ4n) is 8.45. The highest BCUT2D eigenvalue weighted by atomic mass is 32.2. The summed E-state index contributed by atoms with van der Waals surface area (Å²) in [5, 5.41) is 6.03. The monoisotopic (exact) mass is 1010 g/mol. The third-order valence-electron chi connectivity index (χ3n) is 11.9. The molecule has 5 aromatic rings. The first-order valence-corrected chi connectivity index (χ1v) is 22.2. The minimum atomic E-state index is -6.68. The number of amides is 2. The van der Waals surface area contributed by atoms with Gasteiger partial charge in [0.1, 0.15) is 30.2 Å². The number of benzene rings is 4. The van der Waals surface area contributed by atoms with Crippen molar-refractivity contribution in [3.05, 3.63) is 127 Å². The molecule has 3 aliphatic rings. The Morgan fingerprint density at radius 3 is 2.01 bits per heavy atom. The molecular formula is C45H34F7N3O14S. The topological polar surface area (TPSA) is 223 Å². The van der Waals surface area contributed by atoms with Gasteiger partial charge < -0.3 is 43.1 Å². The van der Waals surface area contributed by atoms with E-state index in [1.54, 1.807) is 23.1 Å². The second-order valence-corrected chi connectivity index (χ2v) is 17.6. The zero-order chi connectivity index (χ0) is 50.4. The second-order valence-electron chi connectivity index (χ2n) is 16.1. The van der Waals surface area contributed by atoms with Crippen LogP contribution in [0, 0.1) is 30.2 Å². The third-order valence-corrected chi connectivity index (χ3v) is 12.9. The number of hydrogen-bond acceptors (Lipinski definition) is 15. The van der Waals surface area contributed by atoms with Gasteiger partial charge in [0.25, 0.3) is 24.8 Å². The van der Waals surface area contributed by atoms with Crippen molar-refractivity contribution in [3.8, 4) is 17.2 Å². The summed E-state index contributed by atoms with van der Waals surface area (Å²) in [6.07, 6.45) is 1.33. The van der Waals surface area contributed by atoms with Crippen LogP contribution in [0.3, 0.4) is 0 Å². The number of carbonyl (C=O) groups excluding carboxylic acids is 5. The first-order valence-electron chi connectivity index (χ1n) is 20.8. The predicted molar refractivity (Wildman–Crippen MR) is 225 cm³/mol. The van der Waals surface area contributed by atoms with Gasteiger partial charge in [-0.2, -0.15) is 26.0 Å². The molecule has 2 amide bonds. The van der Waals surface area contributed by atoms with Gasteiger partial charge in [-0.1, -0.05) is 6.07 Å². The number of esters is 1. The van der Waals surface area contributed by atoms with Crippen molar-refractivity contribution in [3.63, 3.8) is 0 Å². The average Bonchev–Trinajstić information content (AvgIpc) is 3.61. The minimum Gasteiger partial charge on any atom is -0.466 e. The van der Waals surface area contributed by atoms with Gasteiger partial charge in [0.15, 0.2) is 28.7 Å². The number of alkyl halides is 3. The molecule has 4 aromatic carbocycles. The zero-order valence-corrected chi connectivity index (χ0v) is 36.7. The molecule has 3 heterocycles. The van der Waals surface area contributed by atoms with E-state index >= 15 is 17.6 Å². The highest BCUT2D eigenvalue weighted by molar-refractivity contribution is 7.88. The van der Waals surface area contributed by atoms with Crippen molar-refractivity contribution in [1.29, 1.82) is 0 Å². The van der Waals surface area contributed by atoms with E-state index in [9.17, 15) is 50.4 Å². The predicted octanol–water partition coefficient (Wildman–Crippen LogP) is 6.08. The average molecular weight is 1010 g/mol. The Labute approximate surface area is 389 Å². The molecule has 1 aliphatic carbocycles. The van der Waals surface area contributed by atoms with E-state index in [1.807, 2.05) is 0 Å². The van der Waals surface area contributed by atoms with Crippen LogP contribution in [0.5, 0.6) is 17.2 Å². The summed E-state index contributed by atoms with van der Waals surface area (Å²) in [5.74, 6) is -14.2. The van der Waals surface area contributed by atoms with Crippen LogP contribution in [0.4, 0.5) is 36.4 Å². The maximum Gasteiger partial charge on any atom is 0.534 e. The van der Waals surface area contributed by atoms with Crippen LogP contribution in [0.2, 0.25) is 0 Å². The molecule has 1 saturated carbocycles. The smallest absolute Gasteiger partial charge is 0.466 e. The molecule has 0 radical (unpaired) electrons. The lowest BCUT2D eigenvalue weighted by atomic mass is 9.76. The molecule has 25 heteroatoms. The van der Waals surface area contributed by atoms with Crippen LogP contribution in [-0.2, 0) is 39.5 Å². The molecule has 2 N–H and O–H groups in total. The third kappa shape index (κ3) is 8.79. The Morgan fingerprint density at radius 2 is 1.40 bits per heavy atom. The van der Waals surface area contributed by atoms with Crippen LogP contribution < -0.4 is 30.1 Å². The Balaban J connectivity index is 0.978. The van der Waals surface area contributed by atoms with Gasteiger partial charge in [-0.15, -0.1) is 0 Å². The fraction of sp³-hybridized carbons (Fsp3) is 0.289. The van der Waals surface area contributed by atoms with Gasteiger partial charge in [0.05, 0.1) is 29.8 Å². The normalized spacial score (nSPS) is 18.1. The number of carbonyl (C=O) groups is 5. The molecule has 1 atom stereocenters. The molecule has 70 heavy (non-hydrogen) atoms. The van der Waals surface area contributed by atoms with Crippen molar-refractivity contribution in [2.45, 2.75) is 55.8 Å². The molecule has 368 valence electrons. The molecule has 0 bridgehead atoms. The van der Waals surface area contributed by atoms with E-state index in [0.717, 1.165) is 25.1 Å². The number of fused-ring (bicyclic) bond motifs is 7. The maximum absolute atomic E-state index is 16.0. The Kier molecular flexibility index (Phi) is 13.0. The summed E-state index contributed by atoms with van der Waals surface area (Å²) < 4.78 is 155. The van der Waals surface area contributed by atoms with Crippen molar-refractivity contribution < 1.29 is 90.7 Å². The zero-order valence-electron chi connectivity index (χ0n) is 35.9. The quantitative estimate of drug-likeness (QED) is 0.0177. The first kappa shape index (κ1) is 48.7. The number of hydrogen-bond donors (Lipinski definition) is 2. The van der Waals surface area contributed by atoms with Gasteiger partial charge in [-0.25, -0.2) is 22.8 Å². The first-order chi connectivity index (χ1) is 33.2. The van der Waals surface area contributed by atoms with E-state index in [4.69, 9.17) is 23.4 Å². The van der Waals surface area contributed by atoms with Crippen molar-refractivity contribution in [2.75, 3.05) is 31.2 Å². The van der Waals surface area contributed by atoms with Crippen molar-refractivity contribution in [2.24, 2.45) is 0 Å². The Hall–Kier alpha value is -7.70. The van der Waals surface area contributed by atoms with E-state index in [0.29, 0.717) is 42.8 Å². The summed E-state index contributed by atoms with van der Waals surface area (Å²) in [6.45, 7) is 2.00. The van der Waals surface area contributed by atoms with Crippen LogP contribution in [0.1, 0.15) is 79.0 Å². The number of nitrogens with zero attached hydrogens (tertiary/aromatic N) is 1. The molecule has 2 aliphatic heterocycles. The van der Waals surface area contributed by atoms with Crippen molar-refractivity contribution >= 4 is 57.5 Å². The lowest BCUT2D eigenvalue weighted by Crippen LogP contribution is -2.44. The van der Waals surface area contributed by atoms with E-state index in [1.165, 1.54) is 6.07 Å². The van der Waals surface area contributed by atoms with Gasteiger partial charge in [-0.05, 0) is 75.1 Å². The maximum atomic E-state index is 16.0. The molecular weight excluding hydrogens is 972 g/mol. The molecule has 17 nitrogen and oxygen atoms in total. The second kappa shape index (κ2) is 18.7. The lowest BCUT2D eigenvalue weighted by molar-refractivity contribution is -0.128. The van der Waals surface area contributed by atoms with Gasteiger partial charge in [0, 0.05) is 45.9 Å². The Bertz CT molecular complexity index is 3160. The van der Waals surface area contributed by atoms with E-state index < -0.39 is 119 Å². The number of ether oxygens (including phenoxy) is 4. The van der Waals surface area contributed by atoms with E-state index in [-0.39, 0.29) is 67.6 Å². The number of rotatable bonds is 15. The molecule has 1 fully saturated rings. The summed E-state index contributed by atoms with van der Waals surface area (Å²) in [4.78, 5) is 76.6. The highest BCUT2D eigenvalue weighted by Gasteiger charge is 2.57. The van der Waals surface area contributed by atoms with E-state index in [2.05, 4.69) is 14.8 Å². The summed E-state index contributed by atoms with van der Waals surface area (Å²) in [7, 11) is -6.68. The summed E-state index contributed by atoms with van der Waals surface area (Å²) in [5.41, 5.74) is -12.5. The largest absolute Gasteiger partial charge is 0.534 e. The standard InChI is InChI=1S/C45H34F7N3O14S/c1-21-32(46)17-30-37(35(21)48)67-38-31(18-33(47)39(36(38)49)69-70(62,63)45(50,51)52)44(30)29-9-3-23(15-27(29)43(61)68-44)40(58)53-24-4-6-25(7-5-24)54-41(59)28-14-22-2-8-26(16-34(22)66-42(28)60)55(10-12-64-19-56)11-13-65-20-57/h2-3,8-9,14-20,24-25H,4-7,10-13H2,1H3,(H,53,58)(H,54,59)/t24-,25-,44?. The van der Waals surface area contributed by atoms with Crippen LogP contribution in [0.25, 0.3) is 11.0 Å². The summed E-state index contributed by atoms with van der Waals surface area (Å²) in [6, 6.07) is 9.41. The molecule has 1 spiro atoms. The Morgan fingerprint density at radius 1 is 0.800 bits per heavy atom. The van der Waals surface area contributed by atoms with Gasteiger partial charge in [0.2, 0.25) is 11.6 Å². The van der Waals surface area contributed by atoms with Crippen LogP contribution in [-0.4, -0.2) is 83.0 Å². The van der Waals surface area contributed by atoms with Crippen molar-refractivity contribution in [1.82, 2.24) is 10.6 Å². The number of halogens is 7.